The molecule has 2 fully saturated rings. The average Bonchev–Trinajstić information content (AvgIpc) is 3.12. The molecule has 3 atom stereocenters. The predicted molar refractivity (Wildman–Crippen MR) is 97.2 cm³/mol. The Balaban J connectivity index is 1.44. The lowest BCUT2D eigenvalue weighted by Crippen LogP contribution is -2.35. The molecule has 2 saturated heterocycles. The van der Waals surface area contributed by atoms with Crippen molar-refractivity contribution < 1.29 is 0 Å². The van der Waals surface area contributed by atoms with Crippen molar-refractivity contribution in [2.24, 2.45) is 10.7 Å². The second-order valence-electron chi connectivity index (χ2n) is 6.87. The molecule has 1 aromatic rings. The molecule has 1 aromatic carbocycles. The lowest BCUT2D eigenvalue weighted by atomic mass is 10.0. The number of amidine groups is 2. The number of thioether (sulfide) groups is 1. The Labute approximate surface area is 142 Å². The summed E-state index contributed by atoms with van der Waals surface area (Å²) in [4.78, 5) is 6.76. The molecule has 3 aliphatic rings. The minimum Gasteiger partial charge on any atom is -0.386 e. The number of aliphatic imine (C=N–C) groups is 1. The van der Waals surface area contributed by atoms with Gasteiger partial charge in [0.2, 0.25) is 0 Å². The fourth-order valence-electron chi connectivity index (χ4n) is 4.26. The molecule has 5 heteroatoms. The van der Waals surface area contributed by atoms with Crippen LogP contribution in [0.25, 0.3) is 0 Å². The van der Waals surface area contributed by atoms with Crippen LogP contribution in [-0.4, -0.2) is 33.7 Å². The molecule has 0 aliphatic carbocycles. The normalized spacial score (nSPS) is 31.2. The van der Waals surface area contributed by atoms with Crippen LogP contribution in [0.5, 0.6) is 0 Å². The summed E-state index contributed by atoms with van der Waals surface area (Å²) >= 11 is 1.46. The van der Waals surface area contributed by atoms with Gasteiger partial charge in [0.1, 0.15) is 5.84 Å². The SMILES string of the molecule is N=C1N=C(N)C(Cc2ccc(C3CCC4CCCCN43)cc2)S1. The Hall–Kier alpha value is -1.33. The molecule has 3 unspecified atom stereocenters. The maximum atomic E-state index is 7.60. The molecule has 0 radical (unpaired) electrons. The van der Waals surface area contributed by atoms with Crippen molar-refractivity contribution in [1.82, 2.24) is 4.90 Å². The van der Waals surface area contributed by atoms with Crippen LogP contribution in [0, 0.1) is 5.41 Å². The summed E-state index contributed by atoms with van der Waals surface area (Å²) in [5, 5.41) is 8.07. The number of piperidine rings is 1. The van der Waals surface area contributed by atoms with Crippen LogP contribution in [0.1, 0.15) is 49.3 Å². The van der Waals surface area contributed by atoms with Gasteiger partial charge in [-0.05, 0) is 49.8 Å². The van der Waals surface area contributed by atoms with E-state index >= 15 is 0 Å². The van der Waals surface area contributed by atoms with Crippen LogP contribution >= 0.6 is 11.8 Å². The van der Waals surface area contributed by atoms with Crippen LogP contribution in [0.15, 0.2) is 29.3 Å². The summed E-state index contributed by atoms with van der Waals surface area (Å²) in [5.74, 6) is 0.594. The Morgan fingerprint density at radius 1 is 1.17 bits per heavy atom. The zero-order chi connectivity index (χ0) is 15.8. The van der Waals surface area contributed by atoms with E-state index in [1.54, 1.807) is 0 Å². The third-order valence-electron chi connectivity index (χ3n) is 5.45. The van der Waals surface area contributed by atoms with Gasteiger partial charge in [0.25, 0.3) is 0 Å². The average molecular weight is 328 g/mol. The van der Waals surface area contributed by atoms with Gasteiger partial charge < -0.3 is 5.73 Å². The molecule has 4 rings (SSSR count). The summed E-state index contributed by atoms with van der Waals surface area (Å²) < 4.78 is 0. The summed E-state index contributed by atoms with van der Waals surface area (Å²) in [6.07, 6.45) is 7.68. The summed E-state index contributed by atoms with van der Waals surface area (Å²) in [6, 6.07) is 10.5. The molecule has 122 valence electrons. The van der Waals surface area contributed by atoms with E-state index in [0.717, 1.165) is 12.5 Å². The number of hydrogen-bond acceptors (Lipinski definition) is 4. The maximum Gasteiger partial charge on any atom is 0.182 e. The monoisotopic (exact) mass is 328 g/mol. The number of nitrogens with one attached hydrogen (secondary N) is 1. The van der Waals surface area contributed by atoms with Crippen LogP contribution in [0.3, 0.4) is 0 Å². The second kappa shape index (κ2) is 6.29. The molecule has 4 nitrogen and oxygen atoms in total. The standard InChI is InChI=1S/C18H24N4S/c19-17-16(23-18(20)21-17)11-12-4-6-13(7-5-12)15-9-8-14-3-1-2-10-22(14)15/h4-7,14-16H,1-3,8-11H2,(H3,19,20,21). The van der Waals surface area contributed by atoms with Crippen molar-refractivity contribution in [1.29, 1.82) is 5.41 Å². The lowest BCUT2D eigenvalue weighted by molar-refractivity contribution is 0.150. The van der Waals surface area contributed by atoms with Crippen LogP contribution in [0.4, 0.5) is 0 Å². The third kappa shape index (κ3) is 3.04. The van der Waals surface area contributed by atoms with Gasteiger partial charge >= 0.3 is 0 Å². The fourth-order valence-corrected chi connectivity index (χ4v) is 5.14. The highest BCUT2D eigenvalue weighted by Gasteiger charge is 2.35. The summed E-state index contributed by atoms with van der Waals surface area (Å²) in [6.45, 7) is 1.27. The van der Waals surface area contributed by atoms with Crippen molar-refractivity contribution in [3.05, 3.63) is 35.4 Å². The van der Waals surface area contributed by atoms with Crippen LogP contribution < -0.4 is 5.73 Å². The van der Waals surface area contributed by atoms with Gasteiger partial charge in [-0.15, -0.1) is 0 Å². The third-order valence-corrected chi connectivity index (χ3v) is 6.45. The first-order chi connectivity index (χ1) is 11.2. The van der Waals surface area contributed by atoms with E-state index in [-0.39, 0.29) is 5.25 Å². The lowest BCUT2D eigenvalue weighted by Gasteiger charge is -2.34. The molecule has 0 saturated carbocycles. The summed E-state index contributed by atoms with van der Waals surface area (Å²) in [7, 11) is 0. The first kappa shape index (κ1) is 15.2. The first-order valence-corrected chi connectivity index (χ1v) is 9.52. The van der Waals surface area contributed by atoms with Gasteiger partial charge in [-0.3, -0.25) is 10.3 Å². The van der Waals surface area contributed by atoms with Crippen LogP contribution in [-0.2, 0) is 6.42 Å². The zero-order valence-electron chi connectivity index (χ0n) is 13.4. The van der Waals surface area contributed by atoms with Gasteiger partial charge in [0.05, 0.1) is 5.25 Å². The number of fused-ring (bicyclic) bond motifs is 1. The number of benzene rings is 1. The topological polar surface area (TPSA) is 65.5 Å². The molecule has 0 bridgehead atoms. The van der Waals surface area contributed by atoms with E-state index in [1.807, 2.05) is 0 Å². The van der Waals surface area contributed by atoms with Gasteiger partial charge in [0, 0.05) is 12.1 Å². The minimum absolute atomic E-state index is 0.131. The molecule has 0 spiro atoms. The van der Waals surface area contributed by atoms with E-state index in [1.165, 1.54) is 61.5 Å². The molecule has 0 amide bonds. The minimum atomic E-state index is 0.131. The highest BCUT2D eigenvalue weighted by Crippen LogP contribution is 2.40. The molecular formula is C18H24N4S. The number of hydrogen-bond donors (Lipinski definition) is 2. The molecular weight excluding hydrogens is 304 g/mol. The van der Waals surface area contributed by atoms with E-state index in [9.17, 15) is 0 Å². The Morgan fingerprint density at radius 3 is 2.74 bits per heavy atom. The highest BCUT2D eigenvalue weighted by molar-refractivity contribution is 8.15. The van der Waals surface area contributed by atoms with Crippen molar-refractivity contribution >= 4 is 22.8 Å². The van der Waals surface area contributed by atoms with E-state index < -0.39 is 0 Å². The highest BCUT2D eigenvalue weighted by atomic mass is 32.2. The second-order valence-corrected chi connectivity index (χ2v) is 8.07. The Bertz CT molecular complexity index is 624. The fraction of sp³-hybridized carbons (Fsp3) is 0.556. The van der Waals surface area contributed by atoms with Gasteiger partial charge in [-0.2, -0.15) is 0 Å². The number of nitrogens with two attached hydrogens (primary N) is 1. The van der Waals surface area contributed by atoms with Gasteiger partial charge in [-0.25, -0.2) is 4.99 Å². The van der Waals surface area contributed by atoms with E-state index in [4.69, 9.17) is 11.1 Å². The largest absolute Gasteiger partial charge is 0.386 e. The van der Waals surface area contributed by atoms with Crippen LogP contribution in [0.2, 0.25) is 0 Å². The zero-order valence-corrected chi connectivity index (χ0v) is 14.2. The smallest absolute Gasteiger partial charge is 0.182 e. The molecule has 23 heavy (non-hydrogen) atoms. The molecule has 3 heterocycles. The maximum absolute atomic E-state index is 7.60. The quantitative estimate of drug-likeness (QED) is 0.894. The van der Waals surface area contributed by atoms with Crippen molar-refractivity contribution in [2.75, 3.05) is 6.54 Å². The van der Waals surface area contributed by atoms with Crippen molar-refractivity contribution in [2.45, 2.75) is 55.9 Å². The van der Waals surface area contributed by atoms with Crippen molar-refractivity contribution in [3.63, 3.8) is 0 Å². The Morgan fingerprint density at radius 2 is 2.00 bits per heavy atom. The number of nitrogens with zero attached hydrogens (tertiary/aromatic N) is 2. The Kier molecular flexibility index (Phi) is 4.16. The van der Waals surface area contributed by atoms with Crippen molar-refractivity contribution in [3.8, 4) is 0 Å². The predicted octanol–water partition coefficient (Wildman–Crippen LogP) is 3.33. The molecule has 3 aliphatic heterocycles. The first-order valence-electron chi connectivity index (χ1n) is 8.64. The summed E-state index contributed by atoms with van der Waals surface area (Å²) in [5.41, 5.74) is 8.65. The van der Waals surface area contributed by atoms with Gasteiger partial charge in [-0.1, -0.05) is 42.4 Å². The molecule has 0 aromatic heterocycles. The van der Waals surface area contributed by atoms with E-state index in [0.29, 0.717) is 17.0 Å². The van der Waals surface area contributed by atoms with E-state index in [2.05, 4.69) is 34.2 Å². The van der Waals surface area contributed by atoms with Gasteiger partial charge in [0.15, 0.2) is 5.17 Å². The number of rotatable bonds is 3. The molecule has 3 N–H and O–H groups in total.